The van der Waals surface area contributed by atoms with E-state index >= 15 is 0 Å². The molecule has 9 heteroatoms. The maximum atomic E-state index is 12.5. The molecule has 32 heavy (non-hydrogen) atoms. The first-order valence-electron chi connectivity index (χ1n) is 11.0. The summed E-state index contributed by atoms with van der Waals surface area (Å²) >= 11 is 1.74. The van der Waals surface area contributed by atoms with Crippen molar-refractivity contribution in [1.82, 2.24) is 14.5 Å². The van der Waals surface area contributed by atoms with E-state index in [-0.39, 0.29) is 23.1 Å². The Bertz CT molecular complexity index is 1030. The maximum absolute atomic E-state index is 12.5. The van der Waals surface area contributed by atoms with Crippen LogP contribution in [0.3, 0.4) is 0 Å². The van der Waals surface area contributed by atoms with Crippen molar-refractivity contribution in [1.29, 1.82) is 0 Å². The smallest absolute Gasteiger partial charge is 0.243 e. The molecule has 3 rings (SSSR count). The molecule has 0 saturated carbocycles. The average molecular weight is 478 g/mol. The summed E-state index contributed by atoms with van der Waals surface area (Å²) < 4.78 is 26.5. The van der Waals surface area contributed by atoms with Gasteiger partial charge in [-0.1, -0.05) is 26.0 Å². The Labute approximate surface area is 194 Å². The third-order valence-electron chi connectivity index (χ3n) is 5.73. The van der Waals surface area contributed by atoms with Gasteiger partial charge in [0.1, 0.15) is 0 Å². The van der Waals surface area contributed by atoms with Crippen LogP contribution in [0.5, 0.6) is 0 Å². The van der Waals surface area contributed by atoms with Gasteiger partial charge in [0.05, 0.1) is 4.90 Å². The van der Waals surface area contributed by atoms with Crippen LogP contribution in [0.4, 0.5) is 0 Å². The highest BCUT2D eigenvalue weighted by Gasteiger charge is 2.22. The fourth-order valence-corrected chi connectivity index (χ4v) is 6.16. The highest BCUT2D eigenvalue weighted by Crippen LogP contribution is 2.24. The van der Waals surface area contributed by atoms with E-state index in [1.54, 1.807) is 35.6 Å². The number of nitrogens with zero attached hydrogens (tertiary/aromatic N) is 2. The average Bonchev–Trinajstić information content (AvgIpc) is 3.26. The second kappa shape index (κ2) is 11.1. The van der Waals surface area contributed by atoms with Crippen molar-refractivity contribution in [2.45, 2.75) is 51.0 Å². The molecule has 1 aliphatic rings. The van der Waals surface area contributed by atoms with Gasteiger partial charge < -0.3 is 10.2 Å². The number of thiophene rings is 1. The van der Waals surface area contributed by atoms with Crippen molar-refractivity contribution in [3.8, 4) is 0 Å². The lowest BCUT2D eigenvalue weighted by Crippen LogP contribution is -2.37. The minimum atomic E-state index is -3.47. The number of fused-ring (bicyclic) bond motifs is 1. The molecular weight excluding hydrogens is 446 g/mol. The summed E-state index contributed by atoms with van der Waals surface area (Å²) in [7, 11) is -3.47. The fraction of sp³-hybridized carbons (Fsp3) is 0.478. The van der Waals surface area contributed by atoms with Gasteiger partial charge in [-0.3, -0.25) is 9.59 Å². The van der Waals surface area contributed by atoms with E-state index in [0.717, 1.165) is 18.5 Å². The molecule has 0 fully saturated rings. The quantitative estimate of drug-likeness (QED) is 0.570. The van der Waals surface area contributed by atoms with E-state index in [1.165, 1.54) is 14.7 Å². The van der Waals surface area contributed by atoms with E-state index in [1.807, 2.05) is 18.7 Å². The molecule has 0 bridgehead atoms. The highest BCUT2D eigenvalue weighted by atomic mass is 32.2. The number of sulfonamides is 1. The van der Waals surface area contributed by atoms with Crippen molar-refractivity contribution in [3.05, 3.63) is 51.7 Å². The lowest BCUT2D eigenvalue weighted by molar-refractivity contribution is -0.132. The SMILES string of the molecule is CCN(CC)S(=O)(=O)c1ccc(CCC(=O)NCCC(=O)N2CCc3sccc3C2)cc1. The van der Waals surface area contributed by atoms with Crippen LogP contribution in [-0.4, -0.2) is 55.6 Å². The molecule has 1 aromatic heterocycles. The first-order valence-corrected chi connectivity index (χ1v) is 13.4. The van der Waals surface area contributed by atoms with Crippen LogP contribution in [0, 0.1) is 0 Å². The Hall–Kier alpha value is -2.23. The van der Waals surface area contributed by atoms with Gasteiger partial charge in [0.2, 0.25) is 21.8 Å². The van der Waals surface area contributed by atoms with Gasteiger partial charge in [-0.05, 0) is 47.5 Å². The third-order valence-corrected chi connectivity index (χ3v) is 8.82. The molecule has 0 spiro atoms. The number of rotatable bonds is 10. The lowest BCUT2D eigenvalue weighted by atomic mass is 10.1. The van der Waals surface area contributed by atoms with E-state index in [9.17, 15) is 18.0 Å². The minimum Gasteiger partial charge on any atom is -0.356 e. The van der Waals surface area contributed by atoms with Gasteiger partial charge in [-0.2, -0.15) is 4.31 Å². The molecule has 1 N–H and O–H groups in total. The zero-order chi connectivity index (χ0) is 23.1. The van der Waals surface area contributed by atoms with Crippen LogP contribution >= 0.6 is 11.3 Å². The van der Waals surface area contributed by atoms with Crippen LogP contribution in [0.1, 0.15) is 42.7 Å². The van der Waals surface area contributed by atoms with Crippen LogP contribution in [-0.2, 0) is 39.0 Å². The van der Waals surface area contributed by atoms with Gasteiger partial charge in [-0.15, -0.1) is 11.3 Å². The lowest BCUT2D eigenvalue weighted by Gasteiger charge is -2.27. The number of carbonyl (C=O) groups is 2. The highest BCUT2D eigenvalue weighted by molar-refractivity contribution is 7.89. The van der Waals surface area contributed by atoms with Crippen molar-refractivity contribution in [2.75, 3.05) is 26.2 Å². The molecule has 0 atom stereocenters. The van der Waals surface area contributed by atoms with E-state index in [4.69, 9.17) is 0 Å². The molecule has 1 aromatic carbocycles. The van der Waals surface area contributed by atoms with E-state index < -0.39 is 10.0 Å². The van der Waals surface area contributed by atoms with Gasteiger partial charge in [0, 0.05) is 50.4 Å². The zero-order valence-electron chi connectivity index (χ0n) is 18.7. The molecule has 0 radical (unpaired) electrons. The van der Waals surface area contributed by atoms with Crippen LogP contribution < -0.4 is 5.32 Å². The van der Waals surface area contributed by atoms with Crippen LogP contribution in [0.15, 0.2) is 40.6 Å². The van der Waals surface area contributed by atoms with Gasteiger partial charge in [0.25, 0.3) is 0 Å². The summed E-state index contributed by atoms with van der Waals surface area (Å²) in [5, 5.41) is 4.88. The summed E-state index contributed by atoms with van der Waals surface area (Å²) in [4.78, 5) is 28.1. The minimum absolute atomic E-state index is 0.0622. The first-order chi connectivity index (χ1) is 15.3. The Morgan fingerprint density at radius 3 is 2.50 bits per heavy atom. The normalized spacial score (nSPS) is 13.8. The standard InChI is InChI=1S/C23H31N3O4S2/c1-3-26(4-2)32(29,30)20-8-5-18(6-9-20)7-10-22(27)24-14-11-23(28)25-15-12-21-19(17-25)13-16-31-21/h5-6,8-9,13,16H,3-4,7,10-12,14-15,17H2,1-2H3,(H,24,27). The molecule has 1 aliphatic heterocycles. The van der Waals surface area contributed by atoms with Gasteiger partial charge in [0.15, 0.2) is 0 Å². The Kier molecular flexibility index (Phi) is 8.44. The summed E-state index contributed by atoms with van der Waals surface area (Å²) in [5.74, 6) is -0.0523. The molecule has 2 heterocycles. The Morgan fingerprint density at radius 1 is 1.09 bits per heavy atom. The van der Waals surface area contributed by atoms with E-state index in [2.05, 4.69) is 16.8 Å². The summed E-state index contributed by atoms with van der Waals surface area (Å²) in [6.07, 6.45) is 2.00. The monoisotopic (exact) mass is 477 g/mol. The predicted octanol–water partition coefficient (Wildman–Crippen LogP) is 2.80. The number of benzene rings is 1. The summed E-state index contributed by atoms with van der Waals surface area (Å²) in [6.45, 7) is 6.20. The second-order valence-electron chi connectivity index (χ2n) is 7.77. The van der Waals surface area contributed by atoms with Crippen LogP contribution in [0.25, 0.3) is 0 Å². The fourth-order valence-electron chi connectivity index (χ4n) is 3.82. The number of hydrogen-bond donors (Lipinski definition) is 1. The molecule has 7 nitrogen and oxygen atoms in total. The largest absolute Gasteiger partial charge is 0.356 e. The molecule has 0 aliphatic carbocycles. The maximum Gasteiger partial charge on any atom is 0.243 e. The number of aryl methyl sites for hydroxylation is 1. The molecule has 2 aromatic rings. The second-order valence-corrected chi connectivity index (χ2v) is 10.7. The van der Waals surface area contributed by atoms with Gasteiger partial charge in [-0.25, -0.2) is 8.42 Å². The van der Waals surface area contributed by atoms with E-state index in [0.29, 0.717) is 39.0 Å². The first kappa shape index (κ1) is 24.4. The third kappa shape index (κ3) is 5.96. The number of hydrogen-bond acceptors (Lipinski definition) is 5. The van der Waals surface area contributed by atoms with Crippen molar-refractivity contribution in [3.63, 3.8) is 0 Å². The molecule has 174 valence electrons. The van der Waals surface area contributed by atoms with Gasteiger partial charge >= 0.3 is 0 Å². The van der Waals surface area contributed by atoms with Crippen molar-refractivity contribution in [2.24, 2.45) is 0 Å². The number of carbonyl (C=O) groups excluding carboxylic acids is 2. The summed E-state index contributed by atoms with van der Waals surface area (Å²) in [5.41, 5.74) is 2.13. The van der Waals surface area contributed by atoms with Crippen molar-refractivity contribution >= 4 is 33.2 Å². The van der Waals surface area contributed by atoms with Crippen LogP contribution in [0.2, 0.25) is 0 Å². The Balaban J connectivity index is 1.40. The topological polar surface area (TPSA) is 86.8 Å². The Morgan fingerprint density at radius 2 is 1.81 bits per heavy atom. The number of nitrogens with one attached hydrogen (secondary N) is 1. The van der Waals surface area contributed by atoms with Crippen molar-refractivity contribution < 1.29 is 18.0 Å². The molecule has 0 unspecified atom stereocenters. The molecular formula is C23H31N3O4S2. The predicted molar refractivity (Wildman–Crippen MR) is 126 cm³/mol. The number of amides is 2. The summed E-state index contributed by atoms with van der Waals surface area (Å²) in [6, 6.07) is 8.77. The zero-order valence-corrected chi connectivity index (χ0v) is 20.3. The molecule has 0 saturated heterocycles. The molecule has 2 amide bonds.